The average Bonchev–Trinajstić information content (AvgIpc) is 3.02. The SMILES string of the molecule is Nc1ncc(-c2cccc(C3CC3)c2)[nH]1. The van der Waals surface area contributed by atoms with E-state index in [1.54, 1.807) is 6.20 Å². The summed E-state index contributed by atoms with van der Waals surface area (Å²) in [6, 6.07) is 8.60. The number of rotatable bonds is 2. The van der Waals surface area contributed by atoms with E-state index < -0.39 is 0 Å². The number of nitrogens with one attached hydrogen (secondary N) is 1. The fraction of sp³-hybridized carbons (Fsp3) is 0.250. The highest BCUT2D eigenvalue weighted by atomic mass is 15.0. The molecule has 0 saturated heterocycles. The summed E-state index contributed by atoms with van der Waals surface area (Å²) in [6.45, 7) is 0. The van der Waals surface area contributed by atoms with Crippen LogP contribution in [0.3, 0.4) is 0 Å². The molecule has 2 aromatic rings. The van der Waals surface area contributed by atoms with Gasteiger partial charge in [0.25, 0.3) is 0 Å². The molecule has 1 fully saturated rings. The maximum Gasteiger partial charge on any atom is 0.197 e. The van der Waals surface area contributed by atoms with E-state index in [-0.39, 0.29) is 0 Å². The van der Waals surface area contributed by atoms with Gasteiger partial charge in [-0.2, -0.15) is 0 Å². The number of nitrogen functional groups attached to an aromatic ring is 1. The number of aromatic nitrogens is 2. The lowest BCUT2D eigenvalue weighted by Crippen LogP contribution is -1.86. The van der Waals surface area contributed by atoms with Crippen LogP contribution >= 0.6 is 0 Å². The number of H-pyrrole nitrogens is 1. The van der Waals surface area contributed by atoms with Crippen LogP contribution in [0.1, 0.15) is 24.3 Å². The lowest BCUT2D eigenvalue weighted by Gasteiger charge is -2.01. The Labute approximate surface area is 88.3 Å². The smallest absolute Gasteiger partial charge is 0.197 e. The van der Waals surface area contributed by atoms with Crippen LogP contribution in [0.25, 0.3) is 11.3 Å². The van der Waals surface area contributed by atoms with E-state index in [4.69, 9.17) is 5.73 Å². The Morgan fingerprint density at radius 1 is 1.33 bits per heavy atom. The molecule has 1 heterocycles. The predicted molar refractivity (Wildman–Crippen MR) is 60.4 cm³/mol. The average molecular weight is 199 g/mol. The quantitative estimate of drug-likeness (QED) is 0.780. The predicted octanol–water partition coefficient (Wildman–Crippen LogP) is 2.54. The van der Waals surface area contributed by atoms with Crippen molar-refractivity contribution < 1.29 is 0 Å². The second kappa shape index (κ2) is 3.12. The molecule has 0 atom stereocenters. The number of hydrogen-bond donors (Lipinski definition) is 2. The molecule has 15 heavy (non-hydrogen) atoms. The van der Waals surface area contributed by atoms with Gasteiger partial charge in [0.15, 0.2) is 5.95 Å². The first kappa shape index (κ1) is 8.53. The van der Waals surface area contributed by atoms with E-state index in [1.807, 2.05) is 0 Å². The Kier molecular flexibility index (Phi) is 1.78. The number of aromatic amines is 1. The second-order valence-electron chi connectivity index (χ2n) is 4.08. The van der Waals surface area contributed by atoms with Crippen molar-refractivity contribution in [3.8, 4) is 11.3 Å². The maximum absolute atomic E-state index is 5.56. The summed E-state index contributed by atoms with van der Waals surface area (Å²) in [5.41, 5.74) is 9.16. The molecule has 3 rings (SSSR count). The zero-order valence-electron chi connectivity index (χ0n) is 8.40. The molecule has 1 aromatic heterocycles. The second-order valence-corrected chi connectivity index (χ2v) is 4.08. The van der Waals surface area contributed by atoms with Gasteiger partial charge in [-0.15, -0.1) is 0 Å². The van der Waals surface area contributed by atoms with Gasteiger partial charge in [-0.3, -0.25) is 0 Å². The number of nitrogens with zero attached hydrogens (tertiary/aromatic N) is 1. The third kappa shape index (κ3) is 1.61. The van der Waals surface area contributed by atoms with Crippen molar-refractivity contribution in [3.05, 3.63) is 36.0 Å². The van der Waals surface area contributed by atoms with E-state index in [0.29, 0.717) is 5.95 Å². The van der Waals surface area contributed by atoms with Crippen LogP contribution in [-0.2, 0) is 0 Å². The topological polar surface area (TPSA) is 54.7 Å². The summed E-state index contributed by atoms with van der Waals surface area (Å²) in [5, 5.41) is 0. The highest BCUT2D eigenvalue weighted by molar-refractivity contribution is 5.61. The molecule has 0 aliphatic heterocycles. The van der Waals surface area contributed by atoms with Crippen molar-refractivity contribution >= 4 is 5.95 Å². The molecule has 3 nitrogen and oxygen atoms in total. The zero-order chi connectivity index (χ0) is 10.3. The van der Waals surface area contributed by atoms with Crippen LogP contribution in [0.2, 0.25) is 0 Å². The van der Waals surface area contributed by atoms with E-state index in [1.165, 1.54) is 24.0 Å². The van der Waals surface area contributed by atoms with Gasteiger partial charge in [-0.05, 0) is 36.0 Å². The van der Waals surface area contributed by atoms with Gasteiger partial charge < -0.3 is 10.7 Å². The van der Waals surface area contributed by atoms with Gasteiger partial charge in [-0.1, -0.05) is 18.2 Å². The summed E-state index contributed by atoms with van der Waals surface area (Å²) >= 11 is 0. The van der Waals surface area contributed by atoms with Gasteiger partial charge in [0.1, 0.15) is 0 Å². The summed E-state index contributed by atoms with van der Waals surface area (Å²) in [4.78, 5) is 7.05. The molecule has 3 heteroatoms. The summed E-state index contributed by atoms with van der Waals surface area (Å²) in [7, 11) is 0. The van der Waals surface area contributed by atoms with Crippen LogP contribution in [0.5, 0.6) is 0 Å². The Morgan fingerprint density at radius 3 is 2.87 bits per heavy atom. The summed E-state index contributed by atoms with van der Waals surface area (Å²) in [6.07, 6.45) is 4.44. The minimum atomic E-state index is 0.474. The Morgan fingerprint density at radius 2 is 2.20 bits per heavy atom. The van der Waals surface area contributed by atoms with Gasteiger partial charge in [0.2, 0.25) is 0 Å². The van der Waals surface area contributed by atoms with Gasteiger partial charge >= 0.3 is 0 Å². The van der Waals surface area contributed by atoms with Crippen molar-refractivity contribution in [2.45, 2.75) is 18.8 Å². The molecule has 0 unspecified atom stereocenters. The van der Waals surface area contributed by atoms with Crippen LogP contribution in [-0.4, -0.2) is 9.97 Å². The number of imidazole rings is 1. The van der Waals surface area contributed by atoms with E-state index >= 15 is 0 Å². The lowest BCUT2D eigenvalue weighted by molar-refractivity contribution is 1.13. The fourth-order valence-electron chi connectivity index (χ4n) is 1.86. The number of hydrogen-bond acceptors (Lipinski definition) is 2. The minimum absolute atomic E-state index is 0.474. The third-order valence-corrected chi connectivity index (χ3v) is 2.84. The van der Waals surface area contributed by atoms with E-state index in [0.717, 1.165) is 11.6 Å². The molecule has 0 radical (unpaired) electrons. The standard InChI is InChI=1S/C12H13N3/c13-12-14-7-11(15-12)10-3-1-2-9(6-10)8-4-5-8/h1-3,6-8H,4-5H2,(H3,13,14,15). The van der Waals surface area contributed by atoms with Crippen molar-refractivity contribution in [1.82, 2.24) is 9.97 Å². The fourth-order valence-corrected chi connectivity index (χ4v) is 1.86. The summed E-state index contributed by atoms with van der Waals surface area (Å²) < 4.78 is 0. The van der Waals surface area contributed by atoms with Crippen molar-refractivity contribution in [2.24, 2.45) is 0 Å². The first-order valence-electron chi connectivity index (χ1n) is 5.24. The normalized spacial score (nSPS) is 15.5. The molecule has 0 bridgehead atoms. The monoisotopic (exact) mass is 199 g/mol. The molecule has 3 N–H and O–H groups in total. The van der Waals surface area contributed by atoms with Crippen molar-refractivity contribution in [2.75, 3.05) is 5.73 Å². The maximum atomic E-state index is 5.56. The van der Waals surface area contributed by atoms with Crippen molar-refractivity contribution in [1.29, 1.82) is 0 Å². The van der Waals surface area contributed by atoms with E-state index in [2.05, 4.69) is 34.2 Å². The molecule has 1 aliphatic rings. The van der Waals surface area contributed by atoms with Crippen LogP contribution < -0.4 is 5.73 Å². The van der Waals surface area contributed by atoms with Crippen LogP contribution in [0.4, 0.5) is 5.95 Å². The molecule has 1 saturated carbocycles. The number of anilines is 1. The highest BCUT2D eigenvalue weighted by Gasteiger charge is 2.23. The minimum Gasteiger partial charge on any atom is -0.369 e. The first-order chi connectivity index (χ1) is 7.33. The molecule has 76 valence electrons. The largest absolute Gasteiger partial charge is 0.369 e. The first-order valence-corrected chi connectivity index (χ1v) is 5.24. The Bertz CT molecular complexity index is 483. The lowest BCUT2D eigenvalue weighted by atomic mass is 10.1. The van der Waals surface area contributed by atoms with Crippen LogP contribution in [0, 0.1) is 0 Å². The van der Waals surface area contributed by atoms with E-state index in [9.17, 15) is 0 Å². The van der Waals surface area contributed by atoms with Gasteiger partial charge in [0, 0.05) is 0 Å². The Hall–Kier alpha value is -1.77. The van der Waals surface area contributed by atoms with Gasteiger partial charge in [-0.25, -0.2) is 4.98 Å². The number of benzene rings is 1. The zero-order valence-corrected chi connectivity index (χ0v) is 8.40. The van der Waals surface area contributed by atoms with Crippen molar-refractivity contribution in [3.63, 3.8) is 0 Å². The van der Waals surface area contributed by atoms with Crippen LogP contribution in [0.15, 0.2) is 30.5 Å². The molecule has 0 spiro atoms. The Balaban J connectivity index is 2.00. The van der Waals surface area contributed by atoms with Gasteiger partial charge in [0.05, 0.1) is 11.9 Å². The molecular formula is C12H13N3. The molecular weight excluding hydrogens is 186 g/mol. The molecule has 1 aromatic carbocycles. The molecule has 0 amide bonds. The third-order valence-electron chi connectivity index (χ3n) is 2.84. The summed E-state index contributed by atoms with van der Waals surface area (Å²) in [5.74, 6) is 1.26. The molecule has 1 aliphatic carbocycles. The highest BCUT2D eigenvalue weighted by Crippen LogP contribution is 2.40. The number of nitrogens with two attached hydrogens (primary N) is 1.